The third-order valence-corrected chi connectivity index (χ3v) is 3.61. The maximum absolute atomic E-state index is 12.4. The molecule has 1 aromatic rings. The van der Waals surface area contributed by atoms with Gasteiger partial charge >= 0.3 is 5.97 Å². The number of rotatable bonds is 8. The van der Waals surface area contributed by atoms with E-state index >= 15 is 0 Å². The highest BCUT2D eigenvalue weighted by atomic mass is 16.5. The van der Waals surface area contributed by atoms with Gasteiger partial charge in [-0.3, -0.25) is 9.59 Å². The van der Waals surface area contributed by atoms with Crippen LogP contribution < -0.4 is 15.4 Å². The van der Waals surface area contributed by atoms with Crippen molar-refractivity contribution < 1.29 is 24.2 Å². The second-order valence-corrected chi connectivity index (χ2v) is 5.70. The van der Waals surface area contributed by atoms with Crippen molar-refractivity contribution in [1.82, 2.24) is 10.6 Å². The van der Waals surface area contributed by atoms with Crippen LogP contribution in [0.2, 0.25) is 0 Å². The molecule has 7 heteroatoms. The highest BCUT2D eigenvalue weighted by molar-refractivity contribution is 6.00. The molecule has 132 valence electrons. The van der Waals surface area contributed by atoms with Crippen LogP contribution in [0.25, 0.3) is 0 Å². The SMILES string of the molecule is CCC(NC(=O)C(NC(=O)c1ccccc1OC)C(C)C)C(=O)O. The number of methoxy groups -OCH3 is 1. The van der Waals surface area contributed by atoms with Crippen molar-refractivity contribution in [2.75, 3.05) is 7.11 Å². The monoisotopic (exact) mass is 336 g/mol. The number of carbonyl (C=O) groups is 3. The van der Waals surface area contributed by atoms with Crippen LogP contribution >= 0.6 is 0 Å². The van der Waals surface area contributed by atoms with Crippen LogP contribution in [-0.4, -0.2) is 42.1 Å². The number of ether oxygens (including phenoxy) is 1. The molecule has 0 radical (unpaired) electrons. The highest BCUT2D eigenvalue weighted by Gasteiger charge is 2.28. The Morgan fingerprint density at radius 3 is 2.29 bits per heavy atom. The minimum Gasteiger partial charge on any atom is -0.496 e. The molecule has 0 spiro atoms. The van der Waals surface area contributed by atoms with E-state index in [-0.39, 0.29) is 12.3 Å². The third-order valence-electron chi connectivity index (χ3n) is 3.61. The zero-order valence-electron chi connectivity index (χ0n) is 14.3. The quantitative estimate of drug-likeness (QED) is 0.666. The average molecular weight is 336 g/mol. The van der Waals surface area contributed by atoms with Gasteiger partial charge < -0.3 is 20.5 Å². The first-order valence-corrected chi connectivity index (χ1v) is 7.78. The number of benzene rings is 1. The average Bonchev–Trinajstić information content (AvgIpc) is 2.56. The highest BCUT2D eigenvalue weighted by Crippen LogP contribution is 2.17. The summed E-state index contributed by atoms with van der Waals surface area (Å²) in [4.78, 5) is 35.9. The molecule has 3 N–H and O–H groups in total. The molecular weight excluding hydrogens is 312 g/mol. The molecule has 0 saturated heterocycles. The van der Waals surface area contributed by atoms with Crippen molar-refractivity contribution in [3.05, 3.63) is 29.8 Å². The van der Waals surface area contributed by atoms with Gasteiger partial charge in [0.1, 0.15) is 17.8 Å². The zero-order chi connectivity index (χ0) is 18.3. The molecule has 0 aliphatic carbocycles. The van der Waals surface area contributed by atoms with E-state index in [1.54, 1.807) is 45.0 Å². The number of nitrogens with one attached hydrogen (secondary N) is 2. The summed E-state index contributed by atoms with van der Waals surface area (Å²) in [5.41, 5.74) is 0.309. The number of carbonyl (C=O) groups excluding carboxylic acids is 2. The Balaban J connectivity index is 2.91. The minimum atomic E-state index is -1.11. The second kappa shape index (κ2) is 8.90. The predicted octanol–water partition coefficient (Wildman–Crippen LogP) is 1.43. The Bertz CT molecular complexity index is 600. The van der Waals surface area contributed by atoms with Crippen molar-refractivity contribution >= 4 is 17.8 Å². The molecule has 0 bridgehead atoms. The Morgan fingerprint density at radius 1 is 1.17 bits per heavy atom. The van der Waals surface area contributed by atoms with Gasteiger partial charge in [-0.25, -0.2) is 4.79 Å². The molecular formula is C17H24N2O5. The van der Waals surface area contributed by atoms with Gasteiger partial charge in [0.25, 0.3) is 5.91 Å². The fraction of sp³-hybridized carbons (Fsp3) is 0.471. The molecule has 7 nitrogen and oxygen atoms in total. The van der Waals surface area contributed by atoms with Gasteiger partial charge in [0, 0.05) is 0 Å². The predicted molar refractivity (Wildman–Crippen MR) is 88.9 cm³/mol. The van der Waals surface area contributed by atoms with E-state index in [9.17, 15) is 14.4 Å². The largest absolute Gasteiger partial charge is 0.496 e. The number of para-hydroxylation sites is 1. The van der Waals surface area contributed by atoms with E-state index in [0.29, 0.717) is 11.3 Å². The van der Waals surface area contributed by atoms with Gasteiger partial charge in [0.05, 0.1) is 12.7 Å². The summed E-state index contributed by atoms with van der Waals surface area (Å²) in [7, 11) is 1.46. The third kappa shape index (κ3) is 4.97. The van der Waals surface area contributed by atoms with Crippen molar-refractivity contribution in [2.45, 2.75) is 39.3 Å². The normalized spacial score (nSPS) is 13.0. The summed E-state index contributed by atoms with van der Waals surface area (Å²) in [5, 5.41) is 14.2. The van der Waals surface area contributed by atoms with Crippen molar-refractivity contribution in [3.63, 3.8) is 0 Å². The van der Waals surface area contributed by atoms with E-state index in [0.717, 1.165) is 0 Å². The number of carboxylic acids is 1. The summed E-state index contributed by atoms with van der Waals surface area (Å²) in [5.74, 6) is -1.90. The molecule has 2 atom stereocenters. The lowest BCUT2D eigenvalue weighted by molar-refractivity contribution is -0.142. The van der Waals surface area contributed by atoms with Gasteiger partial charge in [-0.05, 0) is 24.5 Å². The minimum absolute atomic E-state index is 0.213. The Hall–Kier alpha value is -2.57. The maximum Gasteiger partial charge on any atom is 0.326 e. The first kappa shape index (κ1) is 19.5. The number of aliphatic carboxylic acids is 1. The molecule has 1 rings (SSSR count). The first-order valence-electron chi connectivity index (χ1n) is 7.78. The lowest BCUT2D eigenvalue weighted by atomic mass is 10.0. The molecule has 0 heterocycles. The van der Waals surface area contributed by atoms with Gasteiger partial charge in [0.2, 0.25) is 5.91 Å². The van der Waals surface area contributed by atoms with Crippen LogP contribution in [0, 0.1) is 5.92 Å². The molecule has 2 unspecified atom stereocenters. The maximum atomic E-state index is 12.4. The number of hydrogen-bond donors (Lipinski definition) is 3. The zero-order valence-corrected chi connectivity index (χ0v) is 14.3. The smallest absolute Gasteiger partial charge is 0.326 e. The van der Waals surface area contributed by atoms with Gasteiger partial charge in [0.15, 0.2) is 0 Å². The summed E-state index contributed by atoms with van der Waals surface area (Å²) in [6.07, 6.45) is 0.256. The molecule has 0 saturated carbocycles. The molecule has 0 aliphatic rings. The van der Waals surface area contributed by atoms with E-state index in [1.165, 1.54) is 7.11 Å². The summed E-state index contributed by atoms with van der Waals surface area (Å²) in [6.45, 7) is 5.21. The summed E-state index contributed by atoms with van der Waals surface area (Å²) < 4.78 is 5.14. The lowest BCUT2D eigenvalue weighted by Gasteiger charge is -2.24. The van der Waals surface area contributed by atoms with Crippen LogP contribution in [0.15, 0.2) is 24.3 Å². The van der Waals surface area contributed by atoms with E-state index in [4.69, 9.17) is 9.84 Å². The molecule has 0 aliphatic heterocycles. The summed E-state index contributed by atoms with van der Waals surface area (Å²) in [6, 6.07) is 4.84. The topological polar surface area (TPSA) is 105 Å². The van der Waals surface area contributed by atoms with E-state index in [2.05, 4.69) is 10.6 Å². The van der Waals surface area contributed by atoms with Crippen LogP contribution in [0.1, 0.15) is 37.6 Å². The second-order valence-electron chi connectivity index (χ2n) is 5.70. The fourth-order valence-corrected chi connectivity index (χ4v) is 2.19. The first-order chi connectivity index (χ1) is 11.3. The van der Waals surface area contributed by atoms with Crippen molar-refractivity contribution in [1.29, 1.82) is 0 Å². The Labute approximate surface area is 141 Å². The fourth-order valence-electron chi connectivity index (χ4n) is 2.19. The standard InChI is InChI=1S/C17H24N2O5/c1-5-12(17(22)23)18-16(21)14(10(2)3)19-15(20)11-8-6-7-9-13(11)24-4/h6-10,12,14H,5H2,1-4H3,(H,18,21)(H,19,20)(H,22,23). The van der Waals surface area contributed by atoms with Crippen LogP contribution in [-0.2, 0) is 9.59 Å². The number of hydrogen-bond acceptors (Lipinski definition) is 4. The van der Waals surface area contributed by atoms with E-state index < -0.39 is 29.9 Å². The lowest BCUT2D eigenvalue weighted by Crippen LogP contribution is -2.53. The number of carboxylic acid groups (broad SMARTS) is 1. The van der Waals surface area contributed by atoms with Crippen LogP contribution in [0.4, 0.5) is 0 Å². The van der Waals surface area contributed by atoms with Crippen LogP contribution in [0.5, 0.6) is 5.75 Å². The van der Waals surface area contributed by atoms with Crippen molar-refractivity contribution in [3.8, 4) is 5.75 Å². The van der Waals surface area contributed by atoms with Gasteiger partial charge in [-0.15, -0.1) is 0 Å². The molecule has 1 aromatic carbocycles. The number of amides is 2. The molecule has 0 aromatic heterocycles. The Morgan fingerprint density at radius 2 is 1.79 bits per heavy atom. The molecule has 2 amide bonds. The van der Waals surface area contributed by atoms with E-state index in [1.807, 2.05) is 0 Å². The van der Waals surface area contributed by atoms with Crippen LogP contribution in [0.3, 0.4) is 0 Å². The molecule has 24 heavy (non-hydrogen) atoms. The Kier molecular flexibility index (Phi) is 7.23. The van der Waals surface area contributed by atoms with Gasteiger partial charge in [-0.1, -0.05) is 32.9 Å². The van der Waals surface area contributed by atoms with Crippen molar-refractivity contribution in [2.24, 2.45) is 5.92 Å². The summed E-state index contributed by atoms with van der Waals surface area (Å²) >= 11 is 0. The molecule has 0 fully saturated rings. The van der Waals surface area contributed by atoms with Gasteiger partial charge in [-0.2, -0.15) is 0 Å².